The summed E-state index contributed by atoms with van der Waals surface area (Å²) in [6, 6.07) is 10.9. The van der Waals surface area contributed by atoms with Crippen LogP contribution in [0.5, 0.6) is 5.75 Å². The highest BCUT2D eigenvalue weighted by Gasteiger charge is 2.06. The van der Waals surface area contributed by atoms with Gasteiger partial charge >= 0.3 is 0 Å². The molecule has 0 saturated heterocycles. The number of rotatable bonds is 5. The van der Waals surface area contributed by atoms with E-state index >= 15 is 0 Å². The summed E-state index contributed by atoms with van der Waals surface area (Å²) in [4.78, 5) is 15.9. The van der Waals surface area contributed by atoms with Gasteiger partial charge in [-0.3, -0.25) is 9.78 Å². The van der Waals surface area contributed by atoms with Gasteiger partial charge in [0.15, 0.2) is 0 Å². The fourth-order valence-corrected chi connectivity index (χ4v) is 1.74. The first-order valence-corrected chi connectivity index (χ1v) is 6.59. The molecule has 1 heterocycles. The number of benzene rings is 1. The molecule has 0 atom stereocenters. The molecule has 0 aliphatic heterocycles. The summed E-state index contributed by atoms with van der Waals surface area (Å²) in [6.45, 7) is 4.43. The van der Waals surface area contributed by atoms with Crippen LogP contribution in [-0.4, -0.2) is 17.0 Å². The summed E-state index contributed by atoms with van der Waals surface area (Å²) >= 11 is 0. The standard InChI is InChI=1S/C16H18N2O2/c1-12(2)20-15-5-3-14(4-6-15)16(19)18-11-13-7-9-17-10-8-13/h3-10,12H,11H2,1-2H3,(H,18,19). The number of carbonyl (C=O) groups excluding carboxylic acids is 1. The van der Waals surface area contributed by atoms with Gasteiger partial charge in [-0.05, 0) is 55.8 Å². The summed E-state index contributed by atoms with van der Waals surface area (Å²) in [5, 5.41) is 2.87. The molecule has 4 heteroatoms. The van der Waals surface area contributed by atoms with Gasteiger partial charge in [0.1, 0.15) is 5.75 Å². The molecule has 0 bridgehead atoms. The Morgan fingerprint density at radius 3 is 2.40 bits per heavy atom. The second-order valence-corrected chi connectivity index (χ2v) is 4.73. The minimum atomic E-state index is -0.0992. The molecule has 2 rings (SSSR count). The number of ether oxygens (including phenoxy) is 1. The zero-order chi connectivity index (χ0) is 14.4. The quantitative estimate of drug-likeness (QED) is 0.909. The number of nitrogens with zero attached hydrogens (tertiary/aromatic N) is 1. The van der Waals surface area contributed by atoms with Gasteiger partial charge in [-0.2, -0.15) is 0 Å². The van der Waals surface area contributed by atoms with Crippen molar-refractivity contribution in [1.82, 2.24) is 10.3 Å². The van der Waals surface area contributed by atoms with Gasteiger partial charge in [-0.25, -0.2) is 0 Å². The number of hydrogen-bond acceptors (Lipinski definition) is 3. The third-order valence-electron chi connectivity index (χ3n) is 2.69. The molecule has 1 N–H and O–H groups in total. The lowest BCUT2D eigenvalue weighted by Gasteiger charge is -2.10. The number of amides is 1. The van der Waals surface area contributed by atoms with Gasteiger partial charge in [0.25, 0.3) is 5.91 Å². The first-order valence-electron chi connectivity index (χ1n) is 6.59. The fraction of sp³-hybridized carbons (Fsp3) is 0.250. The largest absolute Gasteiger partial charge is 0.491 e. The molecule has 2 aromatic rings. The predicted octanol–water partition coefficient (Wildman–Crippen LogP) is 2.80. The zero-order valence-electron chi connectivity index (χ0n) is 11.7. The minimum Gasteiger partial charge on any atom is -0.491 e. The lowest BCUT2D eigenvalue weighted by Crippen LogP contribution is -2.22. The smallest absolute Gasteiger partial charge is 0.251 e. The maximum Gasteiger partial charge on any atom is 0.251 e. The van der Waals surface area contributed by atoms with E-state index in [1.165, 1.54) is 0 Å². The highest BCUT2D eigenvalue weighted by Crippen LogP contribution is 2.13. The first-order chi connectivity index (χ1) is 9.65. The molecule has 4 nitrogen and oxygen atoms in total. The highest BCUT2D eigenvalue weighted by atomic mass is 16.5. The Morgan fingerprint density at radius 1 is 1.15 bits per heavy atom. The highest BCUT2D eigenvalue weighted by molar-refractivity contribution is 5.94. The molecule has 104 valence electrons. The summed E-state index contributed by atoms with van der Waals surface area (Å²) in [5.74, 6) is 0.670. The monoisotopic (exact) mass is 270 g/mol. The molecule has 1 aromatic carbocycles. The molecule has 0 saturated carbocycles. The second-order valence-electron chi connectivity index (χ2n) is 4.73. The Bertz CT molecular complexity index is 550. The molecule has 1 amide bonds. The van der Waals surface area contributed by atoms with Crippen molar-refractivity contribution >= 4 is 5.91 Å². The molecule has 0 unspecified atom stereocenters. The number of pyridine rings is 1. The van der Waals surface area contributed by atoms with E-state index in [9.17, 15) is 4.79 Å². The maximum absolute atomic E-state index is 12.0. The van der Waals surface area contributed by atoms with Gasteiger partial charge in [0.05, 0.1) is 6.10 Å². The number of nitrogens with one attached hydrogen (secondary N) is 1. The molecule has 0 aliphatic rings. The van der Waals surface area contributed by atoms with Gasteiger partial charge in [-0.1, -0.05) is 0 Å². The van der Waals surface area contributed by atoms with Crippen LogP contribution in [0.4, 0.5) is 0 Å². The third-order valence-corrected chi connectivity index (χ3v) is 2.69. The van der Waals surface area contributed by atoms with Crippen molar-refractivity contribution in [2.24, 2.45) is 0 Å². The SMILES string of the molecule is CC(C)Oc1ccc(C(=O)NCc2ccncc2)cc1. The fourth-order valence-electron chi connectivity index (χ4n) is 1.74. The Balaban J connectivity index is 1.92. The molecule has 0 fully saturated rings. The number of carbonyl (C=O) groups is 1. The lowest BCUT2D eigenvalue weighted by molar-refractivity contribution is 0.0951. The van der Waals surface area contributed by atoms with Crippen LogP contribution in [0.25, 0.3) is 0 Å². The van der Waals surface area contributed by atoms with Crippen molar-refractivity contribution < 1.29 is 9.53 Å². The van der Waals surface area contributed by atoms with E-state index in [2.05, 4.69) is 10.3 Å². The van der Waals surface area contributed by atoms with E-state index in [4.69, 9.17) is 4.74 Å². The lowest BCUT2D eigenvalue weighted by atomic mass is 10.2. The van der Waals surface area contributed by atoms with Crippen LogP contribution in [0.15, 0.2) is 48.8 Å². The maximum atomic E-state index is 12.0. The van der Waals surface area contributed by atoms with Crippen molar-refractivity contribution in [3.63, 3.8) is 0 Å². The van der Waals surface area contributed by atoms with E-state index in [0.717, 1.165) is 11.3 Å². The normalized spacial score (nSPS) is 10.3. The van der Waals surface area contributed by atoms with Gasteiger partial charge in [0, 0.05) is 24.5 Å². The average molecular weight is 270 g/mol. The average Bonchev–Trinajstić information content (AvgIpc) is 2.46. The van der Waals surface area contributed by atoms with E-state index in [1.807, 2.05) is 26.0 Å². The predicted molar refractivity (Wildman–Crippen MR) is 77.6 cm³/mol. The van der Waals surface area contributed by atoms with Crippen molar-refractivity contribution in [2.75, 3.05) is 0 Å². The summed E-state index contributed by atoms with van der Waals surface area (Å²) in [5.41, 5.74) is 1.64. The zero-order valence-corrected chi connectivity index (χ0v) is 11.7. The molecule has 0 spiro atoms. The summed E-state index contributed by atoms with van der Waals surface area (Å²) in [7, 11) is 0. The van der Waals surface area contributed by atoms with Crippen molar-refractivity contribution in [3.8, 4) is 5.75 Å². The van der Waals surface area contributed by atoms with Gasteiger partial charge in [-0.15, -0.1) is 0 Å². The van der Waals surface area contributed by atoms with Crippen molar-refractivity contribution in [3.05, 3.63) is 59.9 Å². The molecule has 0 aliphatic carbocycles. The molecule has 20 heavy (non-hydrogen) atoms. The summed E-state index contributed by atoms with van der Waals surface area (Å²) in [6.07, 6.45) is 3.54. The van der Waals surface area contributed by atoms with Crippen LogP contribution in [0.2, 0.25) is 0 Å². The number of aromatic nitrogens is 1. The van der Waals surface area contributed by atoms with Crippen LogP contribution in [0, 0.1) is 0 Å². The summed E-state index contributed by atoms with van der Waals surface area (Å²) < 4.78 is 5.54. The topological polar surface area (TPSA) is 51.2 Å². The van der Waals surface area contributed by atoms with Crippen LogP contribution in [-0.2, 0) is 6.54 Å². The Hall–Kier alpha value is -2.36. The van der Waals surface area contributed by atoms with Crippen LogP contribution in [0.3, 0.4) is 0 Å². The third kappa shape index (κ3) is 4.09. The Labute approximate surface area is 118 Å². The Kier molecular flexibility index (Phi) is 4.71. The first kappa shape index (κ1) is 14.1. The van der Waals surface area contributed by atoms with Crippen LogP contribution < -0.4 is 10.1 Å². The van der Waals surface area contributed by atoms with Crippen molar-refractivity contribution in [2.45, 2.75) is 26.5 Å². The van der Waals surface area contributed by atoms with E-state index in [0.29, 0.717) is 12.1 Å². The van der Waals surface area contributed by atoms with E-state index < -0.39 is 0 Å². The molecular formula is C16H18N2O2. The van der Waals surface area contributed by atoms with E-state index in [1.54, 1.807) is 36.7 Å². The van der Waals surface area contributed by atoms with Crippen LogP contribution in [0.1, 0.15) is 29.8 Å². The van der Waals surface area contributed by atoms with Crippen LogP contribution >= 0.6 is 0 Å². The van der Waals surface area contributed by atoms with Gasteiger partial charge < -0.3 is 10.1 Å². The molecular weight excluding hydrogens is 252 g/mol. The Morgan fingerprint density at radius 2 is 1.80 bits per heavy atom. The van der Waals surface area contributed by atoms with Crippen molar-refractivity contribution in [1.29, 1.82) is 0 Å². The minimum absolute atomic E-state index is 0.0992. The second kappa shape index (κ2) is 6.70. The molecule has 1 aromatic heterocycles. The van der Waals surface area contributed by atoms with E-state index in [-0.39, 0.29) is 12.0 Å². The molecule has 0 radical (unpaired) electrons. The van der Waals surface area contributed by atoms with Gasteiger partial charge in [0.2, 0.25) is 0 Å². The number of hydrogen-bond donors (Lipinski definition) is 1.